The molecule has 1 nitrogen and oxygen atoms in total. The standard InChI is InChI=1S/C12H14BrF4N/c1-2-3-18-11(12(15,16)17)6-8-4-9(13)7-10(14)5-8/h4-5,7,11,18H,2-3,6H2,1H3. The maximum atomic E-state index is 13.1. The highest BCUT2D eigenvalue weighted by atomic mass is 79.9. The van der Waals surface area contributed by atoms with Gasteiger partial charge in [0.1, 0.15) is 11.9 Å². The van der Waals surface area contributed by atoms with Crippen LogP contribution in [-0.2, 0) is 6.42 Å². The second-order valence-corrected chi connectivity index (χ2v) is 4.95. The van der Waals surface area contributed by atoms with Gasteiger partial charge >= 0.3 is 6.18 Å². The van der Waals surface area contributed by atoms with Crippen LogP contribution in [0.2, 0.25) is 0 Å². The Bertz CT molecular complexity index is 372. The monoisotopic (exact) mass is 327 g/mol. The highest BCUT2D eigenvalue weighted by molar-refractivity contribution is 9.10. The Balaban J connectivity index is 2.82. The van der Waals surface area contributed by atoms with Crippen molar-refractivity contribution >= 4 is 15.9 Å². The maximum absolute atomic E-state index is 13.1. The number of nitrogens with one attached hydrogen (secondary N) is 1. The molecule has 0 spiro atoms. The number of hydrogen-bond acceptors (Lipinski definition) is 1. The van der Waals surface area contributed by atoms with Crippen molar-refractivity contribution in [2.24, 2.45) is 0 Å². The largest absolute Gasteiger partial charge is 0.404 e. The number of alkyl halides is 3. The SMILES string of the molecule is CCCNC(Cc1cc(F)cc(Br)c1)C(F)(F)F. The van der Waals surface area contributed by atoms with E-state index in [2.05, 4.69) is 21.2 Å². The first kappa shape index (κ1) is 15.4. The zero-order valence-electron chi connectivity index (χ0n) is 9.82. The summed E-state index contributed by atoms with van der Waals surface area (Å²) in [7, 11) is 0. The van der Waals surface area contributed by atoms with E-state index in [9.17, 15) is 17.6 Å². The average Bonchev–Trinajstić information content (AvgIpc) is 2.21. The lowest BCUT2D eigenvalue weighted by molar-refractivity contribution is -0.155. The van der Waals surface area contributed by atoms with Gasteiger partial charge in [-0.25, -0.2) is 4.39 Å². The van der Waals surface area contributed by atoms with Crippen LogP contribution in [0.15, 0.2) is 22.7 Å². The van der Waals surface area contributed by atoms with Crippen LogP contribution in [-0.4, -0.2) is 18.8 Å². The van der Waals surface area contributed by atoms with Gasteiger partial charge in [0.15, 0.2) is 0 Å². The first-order valence-corrected chi connectivity index (χ1v) is 6.37. The third-order valence-electron chi connectivity index (χ3n) is 2.40. The Morgan fingerprint density at radius 1 is 1.28 bits per heavy atom. The summed E-state index contributed by atoms with van der Waals surface area (Å²) in [6.07, 6.45) is -4.01. The molecule has 0 radical (unpaired) electrons. The molecule has 1 aromatic rings. The van der Waals surface area contributed by atoms with Crippen LogP contribution in [0.5, 0.6) is 0 Å². The molecule has 18 heavy (non-hydrogen) atoms. The van der Waals surface area contributed by atoms with Crippen LogP contribution in [0.1, 0.15) is 18.9 Å². The summed E-state index contributed by atoms with van der Waals surface area (Å²) in [5, 5.41) is 2.43. The van der Waals surface area contributed by atoms with E-state index in [4.69, 9.17) is 0 Å². The van der Waals surface area contributed by atoms with Gasteiger partial charge in [0.25, 0.3) is 0 Å². The Kier molecular flexibility index (Phi) is 5.59. The fourth-order valence-electron chi connectivity index (χ4n) is 1.59. The number of hydrogen-bond donors (Lipinski definition) is 1. The molecule has 0 aromatic heterocycles. The molecule has 6 heteroatoms. The molecule has 1 aromatic carbocycles. The van der Waals surface area contributed by atoms with Crippen LogP contribution >= 0.6 is 15.9 Å². The van der Waals surface area contributed by atoms with Crippen molar-refractivity contribution in [1.29, 1.82) is 0 Å². The van der Waals surface area contributed by atoms with Crippen molar-refractivity contribution in [3.05, 3.63) is 34.1 Å². The normalized spacial score (nSPS) is 13.7. The van der Waals surface area contributed by atoms with Gasteiger partial charge in [-0.15, -0.1) is 0 Å². The summed E-state index contributed by atoms with van der Waals surface area (Å²) in [6.45, 7) is 2.07. The molecule has 1 N–H and O–H groups in total. The Morgan fingerprint density at radius 3 is 2.44 bits per heavy atom. The summed E-state index contributed by atoms with van der Waals surface area (Å²) in [4.78, 5) is 0. The maximum Gasteiger partial charge on any atom is 0.404 e. The number of benzene rings is 1. The Morgan fingerprint density at radius 2 is 1.94 bits per heavy atom. The molecular formula is C12H14BrF4N. The third-order valence-corrected chi connectivity index (χ3v) is 2.86. The van der Waals surface area contributed by atoms with Gasteiger partial charge in [0.2, 0.25) is 0 Å². The highest BCUT2D eigenvalue weighted by Gasteiger charge is 2.38. The van der Waals surface area contributed by atoms with E-state index < -0.39 is 18.0 Å². The lowest BCUT2D eigenvalue weighted by atomic mass is 10.1. The van der Waals surface area contributed by atoms with E-state index in [1.54, 1.807) is 6.92 Å². The summed E-state index contributed by atoms with van der Waals surface area (Å²) < 4.78 is 51.8. The highest BCUT2D eigenvalue weighted by Crippen LogP contribution is 2.24. The van der Waals surface area contributed by atoms with Crippen molar-refractivity contribution in [2.75, 3.05) is 6.54 Å². The van der Waals surface area contributed by atoms with Gasteiger partial charge in [-0.2, -0.15) is 13.2 Å². The van der Waals surface area contributed by atoms with E-state index in [0.717, 1.165) is 6.07 Å². The van der Waals surface area contributed by atoms with Crippen LogP contribution < -0.4 is 5.32 Å². The lowest BCUT2D eigenvalue weighted by Gasteiger charge is -2.21. The summed E-state index contributed by atoms with van der Waals surface area (Å²) in [6, 6.07) is 2.18. The Labute approximate surface area is 112 Å². The molecule has 0 heterocycles. The molecule has 0 bridgehead atoms. The minimum absolute atomic E-state index is 0.278. The van der Waals surface area contributed by atoms with Gasteiger partial charge in [-0.1, -0.05) is 22.9 Å². The second kappa shape index (κ2) is 6.52. The van der Waals surface area contributed by atoms with Gasteiger partial charge in [0, 0.05) is 4.47 Å². The molecule has 0 aliphatic carbocycles. The molecule has 0 amide bonds. The van der Waals surface area contributed by atoms with Gasteiger partial charge in [0.05, 0.1) is 0 Å². The first-order chi connectivity index (χ1) is 8.32. The molecule has 1 unspecified atom stereocenters. The molecule has 0 saturated carbocycles. The average molecular weight is 328 g/mol. The zero-order chi connectivity index (χ0) is 13.8. The van der Waals surface area contributed by atoms with Crippen molar-refractivity contribution in [3.63, 3.8) is 0 Å². The first-order valence-electron chi connectivity index (χ1n) is 5.58. The lowest BCUT2D eigenvalue weighted by Crippen LogP contribution is -2.44. The minimum atomic E-state index is -4.34. The van der Waals surface area contributed by atoms with E-state index in [-0.39, 0.29) is 13.0 Å². The minimum Gasteiger partial charge on any atom is -0.306 e. The van der Waals surface area contributed by atoms with Crippen molar-refractivity contribution < 1.29 is 17.6 Å². The third kappa shape index (κ3) is 4.94. The predicted molar refractivity (Wildman–Crippen MR) is 65.9 cm³/mol. The predicted octanol–water partition coefficient (Wildman–Crippen LogP) is 4.06. The van der Waals surface area contributed by atoms with Gasteiger partial charge in [-0.05, 0) is 43.1 Å². The van der Waals surface area contributed by atoms with Gasteiger partial charge in [-0.3, -0.25) is 0 Å². The van der Waals surface area contributed by atoms with E-state index in [0.29, 0.717) is 16.5 Å². The number of halogens is 5. The Hall–Kier alpha value is -0.620. The van der Waals surface area contributed by atoms with E-state index >= 15 is 0 Å². The molecule has 0 saturated heterocycles. The fourth-order valence-corrected chi connectivity index (χ4v) is 2.10. The summed E-state index contributed by atoms with van der Waals surface area (Å²) in [5.41, 5.74) is 0.313. The van der Waals surface area contributed by atoms with Crippen LogP contribution in [0.25, 0.3) is 0 Å². The quantitative estimate of drug-likeness (QED) is 0.804. The van der Waals surface area contributed by atoms with E-state index in [1.807, 2.05) is 0 Å². The molecule has 0 aliphatic heterocycles. The van der Waals surface area contributed by atoms with Crippen molar-refractivity contribution in [3.8, 4) is 0 Å². The van der Waals surface area contributed by atoms with Crippen molar-refractivity contribution in [2.45, 2.75) is 32.0 Å². The second-order valence-electron chi connectivity index (χ2n) is 4.03. The molecule has 0 aliphatic rings. The molecule has 0 fully saturated rings. The molecule has 1 atom stereocenters. The zero-order valence-corrected chi connectivity index (χ0v) is 11.4. The smallest absolute Gasteiger partial charge is 0.306 e. The fraction of sp³-hybridized carbons (Fsp3) is 0.500. The number of rotatable bonds is 5. The van der Waals surface area contributed by atoms with Crippen LogP contribution in [0.4, 0.5) is 17.6 Å². The topological polar surface area (TPSA) is 12.0 Å². The molecular weight excluding hydrogens is 314 g/mol. The van der Waals surface area contributed by atoms with Crippen molar-refractivity contribution in [1.82, 2.24) is 5.32 Å². The summed E-state index contributed by atoms with van der Waals surface area (Å²) in [5.74, 6) is -0.546. The summed E-state index contributed by atoms with van der Waals surface area (Å²) >= 11 is 3.06. The van der Waals surface area contributed by atoms with Gasteiger partial charge < -0.3 is 5.32 Å². The van der Waals surface area contributed by atoms with Crippen LogP contribution in [0.3, 0.4) is 0 Å². The molecule has 102 valence electrons. The van der Waals surface area contributed by atoms with E-state index in [1.165, 1.54) is 12.1 Å². The molecule has 1 rings (SSSR count). The van der Waals surface area contributed by atoms with Crippen LogP contribution in [0, 0.1) is 5.82 Å².